The predicted molar refractivity (Wildman–Crippen MR) is 100 cm³/mol. The summed E-state index contributed by atoms with van der Waals surface area (Å²) in [5, 5.41) is 10.8. The summed E-state index contributed by atoms with van der Waals surface area (Å²) >= 11 is 0. The van der Waals surface area contributed by atoms with Crippen molar-refractivity contribution in [2.75, 3.05) is 0 Å². The highest BCUT2D eigenvalue weighted by Gasteiger charge is 2.58. The Labute approximate surface area is 157 Å². The highest BCUT2D eigenvalue weighted by molar-refractivity contribution is 5.89. The number of H-pyrrole nitrogens is 1. The lowest BCUT2D eigenvalue weighted by molar-refractivity contribution is -0.166. The molecule has 0 radical (unpaired) electrons. The van der Waals surface area contributed by atoms with E-state index in [1.807, 2.05) is 19.9 Å². The van der Waals surface area contributed by atoms with Gasteiger partial charge >= 0.3 is 0 Å². The number of nitrogens with one attached hydrogen (secondary N) is 1. The molecule has 1 aromatic carbocycles. The molecule has 2 N–H and O–H groups in total. The number of aromatic hydroxyl groups is 1. The quantitative estimate of drug-likeness (QED) is 0.734. The second-order valence-electron chi connectivity index (χ2n) is 8.48. The Bertz CT molecular complexity index is 955. The van der Waals surface area contributed by atoms with E-state index in [1.165, 1.54) is 18.9 Å². The van der Waals surface area contributed by atoms with Crippen LogP contribution in [0.3, 0.4) is 0 Å². The van der Waals surface area contributed by atoms with E-state index < -0.39 is 11.4 Å². The lowest BCUT2D eigenvalue weighted by Crippen LogP contribution is -2.52. The zero-order valence-electron chi connectivity index (χ0n) is 15.7. The van der Waals surface area contributed by atoms with E-state index in [4.69, 9.17) is 14.2 Å². The molecule has 3 aliphatic rings. The van der Waals surface area contributed by atoms with Crippen molar-refractivity contribution in [1.29, 1.82) is 0 Å². The molecule has 5 rings (SSSR count). The van der Waals surface area contributed by atoms with Crippen LogP contribution in [-0.4, -0.2) is 27.6 Å². The van der Waals surface area contributed by atoms with Crippen LogP contribution >= 0.6 is 0 Å². The maximum Gasteiger partial charge on any atom is 0.252 e. The lowest BCUT2D eigenvalue weighted by atomic mass is 9.80. The fourth-order valence-electron chi connectivity index (χ4n) is 5.03. The molecule has 3 heterocycles. The molecule has 2 aromatic rings. The second-order valence-corrected chi connectivity index (χ2v) is 8.48. The summed E-state index contributed by atoms with van der Waals surface area (Å²) in [6.07, 6.45) is 5.90. The Morgan fingerprint density at radius 2 is 1.85 bits per heavy atom. The minimum atomic E-state index is -0.737. The van der Waals surface area contributed by atoms with Gasteiger partial charge in [0.1, 0.15) is 29.3 Å². The van der Waals surface area contributed by atoms with Crippen LogP contribution < -0.4 is 10.3 Å². The Morgan fingerprint density at radius 1 is 1.11 bits per heavy atom. The number of ether oxygens (including phenoxy) is 3. The number of fused-ring (bicyclic) bond motifs is 6. The van der Waals surface area contributed by atoms with Gasteiger partial charge in [-0.2, -0.15) is 0 Å². The topological polar surface area (TPSA) is 80.8 Å². The van der Waals surface area contributed by atoms with Crippen molar-refractivity contribution < 1.29 is 19.3 Å². The molecule has 27 heavy (non-hydrogen) atoms. The van der Waals surface area contributed by atoms with E-state index in [2.05, 4.69) is 4.98 Å². The standard InChI is InChI=1S/C21H25NO5/c1-20(2)26-18-16-14(8-7-12-13(23)11-15(24)22-17(12)16)25-21(19(18)27-20)9-5-3-4-6-10-21/h7-8,11,18-19H,3-6,9-10H2,1-2H3,(H2,22,23,24)/t18-,19-/m1/s1. The van der Waals surface area contributed by atoms with Gasteiger partial charge in [0.05, 0.1) is 11.1 Å². The van der Waals surface area contributed by atoms with Crippen LogP contribution in [0.25, 0.3) is 10.9 Å². The Kier molecular flexibility index (Phi) is 3.62. The number of aromatic nitrogens is 1. The van der Waals surface area contributed by atoms with Gasteiger partial charge in [0, 0.05) is 11.5 Å². The van der Waals surface area contributed by atoms with E-state index in [0.29, 0.717) is 16.7 Å². The van der Waals surface area contributed by atoms with Crippen LogP contribution in [0.15, 0.2) is 23.0 Å². The molecule has 1 spiro atoms. The Morgan fingerprint density at radius 3 is 2.59 bits per heavy atom. The summed E-state index contributed by atoms with van der Waals surface area (Å²) in [5.41, 5.74) is 0.577. The van der Waals surface area contributed by atoms with Crippen LogP contribution in [-0.2, 0) is 9.47 Å². The Balaban J connectivity index is 1.75. The molecule has 0 unspecified atom stereocenters. The van der Waals surface area contributed by atoms with Crippen LogP contribution in [0.5, 0.6) is 11.5 Å². The van der Waals surface area contributed by atoms with E-state index >= 15 is 0 Å². The zero-order chi connectivity index (χ0) is 18.8. The molecule has 1 aromatic heterocycles. The fourth-order valence-corrected chi connectivity index (χ4v) is 5.03. The van der Waals surface area contributed by atoms with Crippen LogP contribution in [0.2, 0.25) is 0 Å². The maximum atomic E-state index is 12.0. The molecule has 2 aliphatic heterocycles. The van der Waals surface area contributed by atoms with Crippen molar-refractivity contribution in [2.45, 2.75) is 76.0 Å². The van der Waals surface area contributed by atoms with Gasteiger partial charge in [-0.1, -0.05) is 12.8 Å². The molecule has 1 saturated heterocycles. The van der Waals surface area contributed by atoms with Gasteiger partial charge in [0.2, 0.25) is 0 Å². The zero-order valence-corrected chi connectivity index (χ0v) is 15.7. The molecular formula is C21H25NO5. The third-order valence-electron chi connectivity index (χ3n) is 6.16. The third kappa shape index (κ3) is 2.57. The number of benzene rings is 1. The predicted octanol–water partition coefficient (Wildman–Crippen LogP) is 3.91. The van der Waals surface area contributed by atoms with E-state index in [1.54, 1.807) is 6.07 Å². The van der Waals surface area contributed by atoms with Gasteiger partial charge in [-0.3, -0.25) is 4.79 Å². The van der Waals surface area contributed by atoms with Crippen molar-refractivity contribution in [3.05, 3.63) is 34.1 Å². The molecule has 0 amide bonds. The summed E-state index contributed by atoms with van der Waals surface area (Å²) in [5.74, 6) is -0.0620. The largest absolute Gasteiger partial charge is 0.507 e. The summed E-state index contributed by atoms with van der Waals surface area (Å²) in [4.78, 5) is 14.9. The highest BCUT2D eigenvalue weighted by atomic mass is 16.8. The molecule has 6 heteroatoms. The van der Waals surface area contributed by atoms with Crippen molar-refractivity contribution in [1.82, 2.24) is 4.98 Å². The van der Waals surface area contributed by atoms with Crippen LogP contribution in [0, 0.1) is 0 Å². The number of hydrogen-bond acceptors (Lipinski definition) is 5. The summed E-state index contributed by atoms with van der Waals surface area (Å²) in [7, 11) is 0. The highest BCUT2D eigenvalue weighted by Crippen LogP contribution is 2.55. The summed E-state index contributed by atoms with van der Waals surface area (Å²) < 4.78 is 19.3. The first-order valence-corrected chi connectivity index (χ1v) is 9.82. The summed E-state index contributed by atoms with van der Waals surface area (Å²) in [6.45, 7) is 3.83. The first kappa shape index (κ1) is 17.1. The molecule has 2 fully saturated rings. The molecule has 1 saturated carbocycles. The maximum absolute atomic E-state index is 12.0. The third-order valence-corrected chi connectivity index (χ3v) is 6.16. The van der Waals surface area contributed by atoms with Crippen molar-refractivity contribution in [2.24, 2.45) is 0 Å². The molecule has 144 valence electrons. The van der Waals surface area contributed by atoms with Crippen LogP contribution in [0.1, 0.15) is 64.0 Å². The normalized spacial score (nSPS) is 28.4. The SMILES string of the molecule is CC1(C)O[C@@H]2c3c(ccc4c(O)cc(=O)[nH]c34)OC3(CCCCCC3)[C@@H]2O1. The number of aromatic amines is 1. The number of rotatable bonds is 0. The van der Waals surface area contributed by atoms with E-state index in [9.17, 15) is 9.90 Å². The van der Waals surface area contributed by atoms with Crippen LogP contribution in [0.4, 0.5) is 0 Å². The first-order chi connectivity index (χ1) is 12.9. The fraction of sp³-hybridized carbons (Fsp3) is 0.571. The van der Waals surface area contributed by atoms with Gasteiger partial charge < -0.3 is 24.3 Å². The van der Waals surface area contributed by atoms with Gasteiger partial charge in [0.25, 0.3) is 5.56 Å². The first-order valence-electron chi connectivity index (χ1n) is 9.82. The van der Waals surface area contributed by atoms with Gasteiger partial charge in [-0.05, 0) is 51.7 Å². The minimum Gasteiger partial charge on any atom is -0.507 e. The molecule has 2 atom stereocenters. The summed E-state index contributed by atoms with van der Waals surface area (Å²) in [6, 6.07) is 4.87. The minimum absolute atomic E-state index is 0.0407. The van der Waals surface area contributed by atoms with Crippen molar-refractivity contribution in [3.8, 4) is 11.5 Å². The average Bonchev–Trinajstić information content (AvgIpc) is 2.77. The van der Waals surface area contributed by atoms with Gasteiger partial charge in [0.15, 0.2) is 5.79 Å². The van der Waals surface area contributed by atoms with Crippen molar-refractivity contribution in [3.63, 3.8) is 0 Å². The smallest absolute Gasteiger partial charge is 0.252 e. The molecular weight excluding hydrogens is 346 g/mol. The molecule has 6 nitrogen and oxygen atoms in total. The number of hydrogen-bond donors (Lipinski definition) is 2. The lowest BCUT2D eigenvalue weighted by Gasteiger charge is -2.44. The average molecular weight is 371 g/mol. The van der Waals surface area contributed by atoms with Gasteiger partial charge in [-0.25, -0.2) is 0 Å². The van der Waals surface area contributed by atoms with Crippen molar-refractivity contribution >= 4 is 10.9 Å². The molecule has 1 aliphatic carbocycles. The van der Waals surface area contributed by atoms with E-state index in [0.717, 1.165) is 31.2 Å². The molecule has 0 bridgehead atoms. The van der Waals surface area contributed by atoms with E-state index in [-0.39, 0.29) is 23.5 Å². The number of pyridine rings is 1. The van der Waals surface area contributed by atoms with Gasteiger partial charge in [-0.15, -0.1) is 0 Å². The Hall–Kier alpha value is -2.05. The monoisotopic (exact) mass is 371 g/mol. The second kappa shape index (κ2) is 5.72.